The molecular formula is C12H16N2O2. The number of nitrogens with one attached hydrogen (secondary N) is 1. The molecule has 1 aromatic carbocycles. The van der Waals surface area contributed by atoms with Gasteiger partial charge in [-0.15, -0.1) is 0 Å². The lowest BCUT2D eigenvalue weighted by molar-refractivity contribution is -0.141. The third-order valence-corrected chi connectivity index (χ3v) is 2.72. The van der Waals surface area contributed by atoms with Gasteiger partial charge in [-0.05, 0) is 12.0 Å². The van der Waals surface area contributed by atoms with Gasteiger partial charge in [-0.1, -0.05) is 43.7 Å². The van der Waals surface area contributed by atoms with Crippen molar-refractivity contribution in [3.63, 3.8) is 0 Å². The van der Waals surface area contributed by atoms with E-state index in [4.69, 9.17) is 11.1 Å². The summed E-state index contributed by atoms with van der Waals surface area (Å²) in [6, 6.07) is 8.72. The van der Waals surface area contributed by atoms with Crippen LogP contribution >= 0.6 is 0 Å². The van der Waals surface area contributed by atoms with E-state index < -0.39 is 11.4 Å². The largest absolute Gasteiger partial charge is 0.480 e. The highest BCUT2D eigenvalue weighted by Gasteiger charge is 2.42. The van der Waals surface area contributed by atoms with E-state index in [1.165, 1.54) is 0 Å². The maximum Gasteiger partial charge on any atom is 0.321 e. The predicted octanol–water partition coefficient (Wildman–Crippen LogP) is 1.75. The number of rotatable bonds is 5. The van der Waals surface area contributed by atoms with Crippen LogP contribution in [-0.4, -0.2) is 16.9 Å². The topological polar surface area (TPSA) is 87.2 Å². The molecule has 1 atom stereocenters. The van der Waals surface area contributed by atoms with Crippen LogP contribution in [0.1, 0.15) is 25.3 Å². The maximum atomic E-state index is 11.4. The van der Waals surface area contributed by atoms with Gasteiger partial charge in [0, 0.05) is 0 Å². The first-order chi connectivity index (χ1) is 7.55. The van der Waals surface area contributed by atoms with Crippen molar-refractivity contribution in [3.8, 4) is 0 Å². The molecule has 0 amide bonds. The quantitative estimate of drug-likeness (QED) is 0.521. The molecule has 86 valence electrons. The van der Waals surface area contributed by atoms with E-state index in [9.17, 15) is 9.90 Å². The Balaban J connectivity index is 3.33. The third-order valence-electron chi connectivity index (χ3n) is 2.72. The van der Waals surface area contributed by atoms with Gasteiger partial charge in [-0.2, -0.15) is 0 Å². The number of nitrogens with two attached hydrogens (primary N) is 1. The molecule has 0 aliphatic heterocycles. The van der Waals surface area contributed by atoms with Gasteiger partial charge in [0.2, 0.25) is 0 Å². The summed E-state index contributed by atoms with van der Waals surface area (Å²) in [6.07, 6.45) is 0.989. The minimum Gasteiger partial charge on any atom is -0.480 e. The Labute approximate surface area is 94.6 Å². The van der Waals surface area contributed by atoms with E-state index in [1.54, 1.807) is 24.3 Å². The number of hydrogen-bond acceptors (Lipinski definition) is 2. The Morgan fingerprint density at radius 3 is 2.38 bits per heavy atom. The second-order valence-electron chi connectivity index (χ2n) is 3.74. The summed E-state index contributed by atoms with van der Waals surface area (Å²) in [5.41, 5.74) is 4.68. The lowest BCUT2D eigenvalue weighted by Gasteiger charge is -2.28. The summed E-state index contributed by atoms with van der Waals surface area (Å²) in [7, 11) is 0. The second kappa shape index (κ2) is 4.79. The smallest absolute Gasteiger partial charge is 0.321 e. The van der Waals surface area contributed by atoms with E-state index in [0.717, 1.165) is 0 Å². The van der Waals surface area contributed by atoms with E-state index in [-0.39, 0.29) is 5.84 Å². The molecule has 0 saturated heterocycles. The van der Waals surface area contributed by atoms with Crippen molar-refractivity contribution in [2.45, 2.75) is 25.2 Å². The molecule has 0 spiro atoms. The molecule has 1 aromatic rings. The van der Waals surface area contributed by atoms with E-state index in [0.29, 0.717) is 18.4 Å². The standard InChI is InChI=1S/C12H16N2O2/c1-2-8-12(10(13)14,11(15)16)9-6-4-3-5-7-9/h3-7H,2,8H2,1H3,(H3,13,14)(H,15,16). The second-order valence-corrected chi connectivity index (χ2v) is 3.74. The fraction of sp³-hybridized carbons (Fsp3) is 0.333. The first kappa shape index (κ1) is 12.2. The normalized spacial score (nSPS) is 14.1. The van der Waals surface area contributed by atoms with Crippen molar-refractivity contribution in [1.82, 2.24) is 0 Å². The molecule has 0 fully saturated rings. The fourth-order valence-corrected chi connectivity index (χ4v) is 1.88. The zero-order valence-corrected chi connectivity index (χ0v) is 9.23. The third kappa shape index (κ3) is 1.91. The van der Waals surface area contributed by atoms with Gasteiger partial charge in [-0.25, -0.2) is 0 Å². The summed E-state index contributed by atoms with van der Waals surface area (Å²) in [4.78, 5) is 11.4. The lowest BCUT2D eigenvalue weighted by atomic mass is 9.76. The summed E-state index contributed by atoms with van der Waals surface area (Å²) in [6.45, 7) is 1.88. The zero-order chi connectivity index (χ0) is 12.2. The summed E-state index contributed by atoms with van der Waals surface area (Å²) in [5, 5.41) is 16.9. The van der Waals surface area contributed by atoms with Gasteiger partial charge < -0.3 is 10.8 Å². The molecule has 1 unspecified atom stereocenters. The minimum atomic E-state index is -1.38. The van der Waals surface area contributed by atoms with Crippen LogP contribution in [0.25, 0.3) is 0 Å². The van der Waals surface area contributed by atoms with E-state index in [2.05, 4.69) is 0 Å². The lowest BCUT2D eigenvalue weighted by Crippen LogP contribution is -2.47. The van der Waals surface area contributed by atoms with Gasteiger partial charge in [0.1, 0.15) is 11.3 Å². The highest BCUT2D eigenvalue weighted by Crippen LogP contribution is 2.29. The number of amidine groups is 1. The molecule has 1 rings (SSSR count). The van der Waals surface area contributed by atoms with Gasteiger partial charge in [0.25, 0.3) is 0 Å². The molecule has 0 saturated carbocycles. The molecule has 4 N–H and O–H groups in total. The SMILES string of the molecule is CCCC(C(=N)N)(C(=O)O)c1ccccc1. The molecule has 4 heteroatoms. The van der Waals surface area contributed by atoms with E-state index in [1.807, 2.05) is 13.0 Å². The zero-order valence-electron chi connectivity index (χ0n) is 9.23. The molecule has 4 nitrogen and oxygen atoms in total. The van der Waals surface area contributed by atoms with Gasteiger partial charge in [0.15, 0.2) is 0 Å². The minimum absolute atomic E-state index is 0.312. The molecule has 0 heterocycles. The Bertz CT molecular complexity index is 373. The van der Waals surface area contributed by atoms with Crippen LogP contribution in [0.5, 0.6) is 0 Å². The average Bonchev–Trinajstić information content (AvgIpc) is 2.26. The summed E-state index contributed by atoms with van der Waals surface area (Å²) >= 11 is 0. The van der Waals surface area contributed by atoms with Crippen LogP contribution in [0.3, 0.4) is 0 Å². The first-order valence-electron chi connectivity index (χ1n) is 5.19. The van der Waals surface area contributed by atoms with Crippen molar-refractivity contribution < 1.29 is 9.90 Å². The number of aliphatic carboxylic acids is 1. The van der Waals surface area contributed by atoms with Crippen LogP contribution in [0, 0.1) is 5.41 Å². The number of carboxylic acid groups (broad SMARTS) is 1. The number of benzene rings is 1. The van der Waals surface area contributed by atoms with Crippen LogP contribution < -0.4 is 5.73 Å². The average molecular weight is 220 g/mol. The Hall–Kier alpha value is -1.84. The van der Waals surface area contributed by atoms with E-state index >= 15 is 0 Å². The maximum absolute atomic E-state index is 11.4. The van der Waals surface area contributed by atoms with Gasteiger partial charge in [0.05, 0.1) is 0 Å². The molecule has 0 bridgehead atoms. The summed E-state index contributed by atoms with van der Waals surface area (Å²) in [5.74, 6) is -1.37. The number of carbonyl (C=O) groups is 1. The van der Waals surface area contributed by atoms with Crippen molar-refractivity contribution in [2.75, 3.05) is 0 Å². The number of carboxylic acids is 1. The molecule has 0 aliphatic carbocycles. The van der Waals surface area contributed by atoms with Crippen LogP contribution in [-0.2, 0) is 10.2 Å². The van der Waals surface area contributed by atoms with Crippen molar-refractivity contribution >= 4 is 11.8 Å². The highest BCUT2D eigenvalue weighted by molar-refractivity contribution is 6.08. The Morgan fingerprint density at radius 1 is 1.44 bits per heavy atom. The van der Waals surface area contributed by atoms with Crippen molar-refractivity contribution in [1.29, 1.82) is 5.41 Å². The van der Waals surface area contributed by atoms with Crippen LogP contribution in [0.15, 0.2) is 30.3 Å². The molecule has 0 radical (unpaired) electrons. The molecule has 16 heavy (non-hydrogen) atoms. The van der Waals surface area contributed by atoms with Gasteiger partial charge in [-0.3, -0.25) is 10.2 Å². The van der Waals surface area contributed by atoms with Crippen molar-refractivity contribution in [2.24, 2.45) is 5.73 Å². The Morgan fingerprint density at radius 2 is 2.00 bits per heavy atom. The first-order valence-corrected chi connectivity index (χ1v) is 5.19. The fourth-order valence-electron chi connectivity index (χ4n) is 1.88. The predicted molar refractivity (Wildman–Crippen MR) is 62.6 cm³/mol. The Kier molecular flexibility index (Phi) is 3.66. The number of hydrogen-bond donors (Lipinski definition) is 3. The molecule has 0 aromatic heterocycles. The van der Waals surface area contributed by atoms with Gasteiger partial charge >= 0.3 is 5.97 Å². The van der Waals surface area contributed by atoms with Crippen LogP contribution in [0.4, 0.5) is 0 Å². The van der Waals surface area contributed by atoms with Crippen molar-refractivity contribution in [3.05, 3.63) is 35.9 Å². The van der Waals surface area contributed by atoms with Crippen LogP contribution in [0.2, 0.25) is 0 Å². The monoisotopic (exact) mass is 220 g/mol. The molecule has 0 aliphatic rings. The highest BCUT2D eigenvalue weighted by atomic mass is 16.4. The summed E-state index contributed by atoms with van der Waals surface area (Å²) < 4.78 is 0. The molecular weight excluding hydrogens is 204 g/mol.